The molecule has 0 saturated heterocycles. The molecule has 1 aromatic rings. The van der Waals surface area contributed by atoms with E-state index in [1.807, 2.05) is 12.1 Å². The summed E-state index contributed by atoms with van der Waals surface area (Å²) in [5.41, 5.74) is 0.896. The third-order valence-corrected chi connectivity index (χ3v) is 2.73. The molecule has 1 rings (SSSR count). The van der Waals surface area contributed by atoms with E-state index in [1.165, 1.54) is 0 Å². The highest BCUT2D eigenvalue weighted by Gasteiger charge is 2.10. The van der Waals surface area contributed by atoms with Gasteiger partial charge in [-0.15, -0.1) is 0 Å². The summed E-state index contributed by atoms with van der Waals surface area (Å²) in [6, 6.07) is 3.80. The zero-order chi connectivity index (χ0) is 12.0. The summed E-state index contributed by atoms with van der Waals surface area (Å²) >= 11 is 2.21. The molecule has 0 bridgehead atoms. The topological polar surface area (TPSA) is 56.8 Å². The van der Waals surface area contributed by atoms with Crippen molar-refractivity contribution in [1.29, 1.82) is 0 Å². The highest BCUT2D eigenvalue weighted by atomic mass is 127. The van der Waals surface area contributed by atoms with Crippen molar-refractivity contribution in [2.45, 2.75) is 13.3 Å². The van der Waals surface area contributed by atoms with E-state index in [0.717, 1.165) is 21.3 Å². The molecule has 1 aromatic carbocycles. The van der Waals surface area contributed by atoms with Gasteiger partial charge in [-0.25, -0.2) is 0 Å². The van der Waals surface area contributed by atoms with Gasteiger partial charge in [-0.05, 0) is 46.7 Å². The standard InChI is InChI=1S/C11H15IN2O2/c1-3-4-16-11-9(12)5-8(7-14-13)6-10(11)15-2/h5-7H,3-4,13H2,1-2H3. The van der Waals surface area contributed by atoms with Crippen molar-refractivity contribution in [1.82, 2.24) is 0 Å². The highest BCUT2D eigenvalue weighted by molar-refractivity contribution is 14.1. The largest absolute Gasteiger partial charge is 0.493 e. The Morgan fingerprint density at radius 2 is 2.25 bits per heavy atom. The van der Waals surface area contributed by atoms with Crippen LogP contribution in [0.1, 0.15) is 18.9 Å². The van der Waals surface area contributed by atoms with E-state index in [0.29, 0.717) is 12.4 Å². The van der Waals surface area contributed by atoms with Crippen molar-refractivity contribution in [3.05, 3.63) is 21.3 Å². The maximum Gasteiger partial charge on any atom is 0.174 e. The van der Waals surface area contributed by atoms with Crippen molar-refractivity contribution >= 4 is 28.8 Å². The van der Waals surface area contributed by atoms with Gasteiger partial charge in [0.25, 0.3) is 0 Å². The highest BCUT2D eigenvalue weighted by Crippen LogP contribution is 2.33. The average molecular weight is 334 g/mol. The predicted octanol–water partition coefficient (Wildman–Crippen LogP) is 2.38. The lowest BCUT2D eigenvalue weighted by atomic mass is 10.2. The zero-order valence-corrected chi connectivity index (χ0v) is 11.5. The number of nitrogens with two attached hydrogens (primary N) is 1. The van der Waals surface area contributed by atoms with Crippen LogP contribution in [0, 0.1) is 3.57 Å². The maximum absolute atomic E-state index is 5.63. The molecule has 0 atom stereocenters. The number of methoxy groups -OCH3 is 1. The number of nitrogens with zero attached hydrogens (tertiary/aromatic N) is 1. The summed E-state index contributed by atoms with van der Waals surface area (Å²) in [6.45, 7) is 2.74. The van der Waals surface area contributed by atoms with Gasteiger partial charge in [0, 0.05) is 0 Å². The molecular weight excluding hydrogens is 319 g/mol. The van der Waals surface area contributed by atoms with Crippen LogP contribution < -0.4 is 15.3 Å². The molecular formula is C11H15IN2O2. The normalized spacial score (nSPS) is 10.7. The van der Waals surface area contributed by atoms with E-state index in [9.17, 15) is 0 Å². The maximum atomic E-state index is 5.63. The van der Waals surface area contributed by atoms with Gasteiger partial charge in [-0.2, -0.15) is 5.10 Å². The molecule has 0 fully saturated rings. The lowest BCUT2D eigenvalue weighted by Crippen LogP contribution is -2.01. The molecule has 4 nitrogen and oxygen atoms in total. The monoisotopic (exact) mass is 334 g/mol. The molecule has 0 amide bonds. The van der Waals surface area contributed by atoms with E-state index in [1.54, 1.807) is 13.3 Å². The number of halogens is 1. The van der Waals surface area contributed by atoms with Gasteiger partial charge in [-0.1, -0.05) is 6.92 Å². The first kappa shape index (κ1) is 13.1. The van der Waals surface area contributed by atoms with Gasteiger partial charge in [-0.3, -0.25) is 0 Å². The first-order valence-corrected chi connectivity index (χ1v) is 6.04. The first-order chi connectivity index (χ1) is 7.72. The molecule has 0 saturated carbocycles. The molecule has 5 heteroatoms. The van der Waals surface area contributed by atoms with E-state index in [-0.39, 0.29) is 0 Å². The molecule has 0 aromatic heterocycles. The fraction of sp³-hybridized carbons (Fsp3) is 0.364. The van der Waals surface area contributed by atoms with Crippen LogP contribution in [0.25, 0.3) is 0 Å². The fourth-order valence-electron chi connectivity index (χ4n) is 1.24. The van der Waals surface area contributed by atoms with Crippen LogP contribution >= 0.6 is 22.6 Å². The van der Waals surface area contributed by atoms with Crippen LogP contribution in [-0.2, 0) is 0 Å². The van der Waals surface area contributed by atoms with Gasteiger partial charge in [0.05, 0.1) is 23.5 Å². The third kappa shape index (κ3) is 3.26. The van der Waals surface area contributed by atoms with Crippen molar-refractivity contribution in [2.75, 3.05) is 13.7 Å². The Morgan fingerprint density at radius 1 is 1.50 bits per heavy atom. The molecule has 2 N–H and O–H groups in total. The summed E-state index contributed by atoms with van der Waals surface area (Å²) in [4.78, 5) is 0. The third-order valence-electron chi connectivity index (χ3n) is 1.93. The van der Waals surface area contributed by atoms with Crippen molar-refractivity contribution in [3.8, 4) is 11.5 Å². The molecule has 0 radical (unpaired) electrons. The van der Waals surface area contributed by atoms with E-state index < -0.39 is 0 Å². The van der Waals surface area contributed by atoms with E-state index in [2.05, 4.69) is 34.6 Å². The Labute approximate surface area is 109 Å². The Morgan fingerprint density at radius 3 is 2.81 bits per heavy atom. The van der Waals surface area contributed by atoms with Gasteiger partial charge in [0.15, 0.2) is 11.5 Å². The predicted molar refractivity (Wildman–Crippen MR) is 73.3 cm³/mol. The Hall–Kier alpha value is -0.980. The second-order valence-corrected chi connectivity index (χ2v) is 4.32. The van der Waals surface area contributed by atoms with Gasteiger partial charge >= 0.3 is 0 Å². The van der Waals surface area contributed by atoms with Crippen LogP contribution in [0.2, 0.25) is 0 Å². The van der Waals surface area contributed by atoms with Crippen LogP contribution in [0.15, 0.2) is 17.2 Å². The Balaban J connectivity index is 3.07. The lowest BCUT2D eigenvalue weighted by molar-refractivity contribution is 0.292. The van der Waals surface area contributed by atoms with Crippen molar-refractivity contribution in [3.63, 3.8) is 0 Å². The van der Waals surface area contributed by atoms with Gasteiger partial charge in [0.1, 0.15) is 0 Å². The van der Waals surface area contributed by atoms with Crippen LogP contribution in [-0.4, -0.2) is 19.9 Å². The Bertz CT molecular complexity index is 380. The van der Waals surface area contributed by atoms with E-state index >= 15 is 0 Å². The lowest BCUT2D eigenvalue weighted by Gasteiger charge is -2.12. The summed E-state index contributed by atoms with van der Waals surface area (Å²) in [5.74, 6) is 6.60. The molecule has 0 aliphatic heterocycles. The minimum Gasteiger partial charge on any atom is -0.493 e. The SMILES string of the molecule is CCCOc1c(I)cc(C=NN)cc1OC. The fourth-order valence-corrected chi connectivity index (χ4v) is 2.03. The summed E-state index contributed by atoms with van der Waals surface area (Å²) in [6.07, 6.45) is 2.54. The minimum atomic E-state index is 0.677. The Kier molecular flexibility index (Phi) is 5.37. The van der Waals surface area contributed by atoms with Crippen LogP contribution in [0.4, 0.5) is 0 Å². The summed E-state index contributed by atoms with van der Waals surface area (Å²) < 4.78 is 11.9. The zero-order valence-electron chi connectivity index (χ0n) is 9.37. The first-order valence-electron chi connectivity index (χ1n) is 4.96. The number of hydrazone groups is 1. The molecule has 88 valence electrons. The van der Waals surface area contributed by atoms with Crippen molar-refractivity contribution in [2.24, 2.45) is 10.9 Å². The van der Waals surface area contributed by atoms with Crippen LogP contribution in [0.5, 0.6) is 11.5 Å². The van der Waals surface area contributed by atoms with Crippen LogP contribution in [0.3, 0.4) is 0 Å². The number of ether oxygens (including phenoxy) is 2. The van der Waals surface area contributed by atoms with E-state index in [4.69, 9.17) is 15.3 Å². The molecule has 16 heavy (non-hydrogen) atoms. The number of rotatable bonds is 5. The number of benzene rings is 1. The van der Waals surface area contributed by atoms with Crippen molar-refractivity contribution < 1.29 is 9.47 Å². The number of hydrogen-bond donors (Lipinski definition) is 1. The summed E-state index contributed by atoms with van der Waals surface area (Å²) in [7, 11) is 1.62. The molecule has 0 aliphatic carbocycles. The second kappa shape index (κ2) is 6.57. The van der Waals surface area contributed by atoms with Gasteiger partial charge in [0.2, 0.25) is 0 Å². The molecule has 0 aliphatic rings. The number of hydrogen-bond acceptors (Lipinski definition) is 4. The molecule has 0 unspecified atom stereocenters. The molecule has 0 spiro atoms. The smallest absolute Gasteiger partial charge is 0.174 e. The average Bonchev–Trinajstić information content (AvgIpc) is 2.27. The molecule has 0 heterocycles. The second-order valence-electron chi connectivity index (χ2n) is 3.16. The minimum absolute atomic E-state index is 0.677. The van der Waals surface area contributed by atoms with Gasteiger partial charge < -0.3 is 15.3 Å². The quantitative estimate of drug-likeness (QED) is 0.389. The summed E-state index contributed by atoms with van der Waals surface area (Å²) in [5, 5.41) is 3.49.